The van der Waals surface area contributed by atoms with Crippen LogP contribution in [-0.4, -0.2) is 49.7 Å². The lowest BCUT2D eigenvalue weighted by Crippen LogP contribution is -2.42. The predicted molar refractivity (Wildman–Crippen MR) is 72.8 cm³/mol. The first-order chi connectivity index (χ1) is 9.10. The molecule has 2 aliphatic heterocycles. The van der Waals surface area contributed by atoms with Crippen molar-refractivity contribution in [3.63, 3.8) is 0 Å². The Morgan fingerprint density at radius 1 is 1.11 bits per heavy atom. The molecule has 5 nitrogen and oxygen atoms in total. The summed E-state index contributed by atoms with van der Waals surface area (Å²) in [6.07, 6.45) is 2.81. The van der Waals surface area contributed by atoms with E-state index in [1.165, 1.54) is 15.6 Å². The lowest BCUT2D eigenvalue weighted by atomic mass is 10.2. The van der Waals surface area contributed by atoms with E-state index in [4.69, 9.17) is 0 Å². The molecule has 3 heterocycles. The molecule has 0 aromatic carbocycles. The second-order valence-electron chi connectivity index (χ2n) is 4.87. The van der Waals surface area contributed by atoms with Crippen molar-refractivity contribution in [2.75, 3.05) is 26.2 Å². The van der Waals surface area contributed by atoms with Crippen LogP contribution in [0.2, 0.25) is 0 Å². The highest BCUT2D eigenvalue weighted by Crippen LogP contribution is 2.29. The molecule has 0 N–H and O–H groups in total. The molecular weight excluding hydrogens is 284 g/mol. The number of sulfonamides is 1. The number of nitrogens with zero attached hydrogens (tertiary/aromatic N) is 2. The summed E-state index contributed by atoms with van der Waals surface area (Å²) in [5.74, 6) is -0.140. The van der Waals surface area contributed by atoms with Crippen LogP contribution < -0.4 is 0 Å². The largest absolute Gasteiger partial charge is 0.338 e. The molecule has 0 bridgehead atoms. The van der Waals surface area contributed by atoms with E-state index in [2.05, 4.69) is 0 Å². The third-order valence-electron chi connectivity index (χ3n) is 3.65. The minimum absolute atomic E-state index is 0.140. The topological polar surface area (TPSA) is 57.7 Å². The fourth-order valence-corrected chi connectivity index (χ4v) is 5.27. The van der Waals surface area contributed by atoms with Gasteiger partial charge < -0.3 is 4.90 Å². The Hall–Kier alpha value is -0.920. The molecule has 0 saturated carbocycles. The third-order valence-corrected chi connectivity index (χ3v) is 6.62. The van der Waals surface area contributed by atoms with Gasteiger partial charge in [0.05, 0.1) is 0 Å². The van der Waals surface area contributed by atoms with E-state index in [0.717, 1.165) is 32.4 Å². The van der Waals surface area contributed by atoms with Gasteiger partial charge in [0.1, 0.15) is 9.77 Å². The SMILES string of the molecule is O=C(c1sccc1S(=O)(=O)N1CCCC1)N1CCC1. The van der Waals surface area contributed by atoms with Crippen molar-refractivity contribution in [1.82, 2.24) is 9.21 Å². The molecule has 0 atom stereocenters. The molecule has 3 rings (SSSR count). The highest BCUT2D eigenvalue weighted by molar-refractivity contribution is 7.89. The molecule has 2 saturated heterocycles. The van der Waals surface area contributed by atoms with Crippen LogP contribution in [0.25, 0.3) is 0 Å². The van der Waals surface area contributed by atoms with Crippen LogP contribution in [0.15, 0.2) is 16.3 Å². The van der Waals surface area contributed by atoms with Crippen molar-refractivity contribution in [2.24, 2.45) is 0 Å². The van der Waals surface area contributed by atoms with Crippen LogP contribution in [0.5, 0.6) is 0 Å². The summed E-state index contributed by atoms with van der Waals surface area (Å²) in [7, 11) is -3.49. The molecule has 0 radical (unpaired) electrons. The Bertz CT molecular complexity index is 584. The zero-order chi connectivity index (χ0) is 13.5. The minimum Gasteiger partial charge on any atom is -0.338 e. The van der Waals surface area contributed by atoms with Crippen LogP contribution in [0, 0.1) is 0 Å². The molecule has 0 spiro atoms. The molecular formula is C12H16N2O3S2. The lowest BCUT2D eigenvalue weighted by Gasteiger charge is -2.30. The zero-order valence-corrected chi connectivity index (χ0v) is 12.2. The van der Waals surface area contributed by atoms with Crippen molar-refractivity contribution in [3.05, 3.63) is 16.3 Å². The first kappa shape index (κ1) is 13.1. The minimum atomic E-state index is -3.49. The van der Waals surface area contributed by atoms with Gasteiger partial charge in [0.15, 0.2) is 0 Å². The summed E-state index contributed by atoms with van der Waals surface area (Å²) < 4.78 is 26.5. The molecule has 0 aliphatic carbocycles. The third kappa shape index (κ3) is 2.19. The number of carbonyl (C=O) groups excluding carboxylic acids is 1. The molecule has 1 aromatic rings. The second kappa shape index (κ2) is 4.88. The first-order valence-electron chi connectivity index (χ1n) is 6.47. The van der Waals surface area contributed by atoms with Crippen LogP contribution in [0.4, 0.5) is 0 Å². The normalized spacial score (nSPS) is 20.5. The molecule has 1 amide bonds. The molecule has 2 fully saturated rings. The number of hydrogen-bond acceptors (Lipinski definition) is 4. The predicted octanol–water partition coefficient (Wildman–Crippen LogP) is 1.38. The number of thiophene rings is 1. The number of hydrogen-bond donors (Lipinski definition) is 0. The van der Waals surface area contributed by atoms with Crippen molar-refractivity contribution in [2.45, 2.75) is 24.2 Å². The quantitative estimate of drug-likeness (QED) is 0.847. The summed E-state index contributed by atoms with van der Waals surface area (Å²) in [6.45, 7) is 2.60. The Labute approximate surface area is 116 Å². The maximum atomic E-state index is 12.5. The van der Waals surface area contributed by atoms with E-state index >= 15 is 0 Å². The highest BCUT2D eigenvalue weighted by Gasteiger charge is 2.34. The van der Waals surface area contributed by atoms with Crippen molar-refractivity contribution >= 4 is 27.3 Å². The Kier molecular flexibility index (Phi) is 3.36. The fraction of sp³-hybridized carbons (Fsp3) is 0.583. The van der Waals surface area contributed by atoms with Crippen LogP contribution in [0.3, 0.4) is 0 Å². The van der Waals surface area contributed by atoms with Gasteiger partial charge in [-0.3, -0.25) is 4.79 Å². The van der Waals surface area contributed by atoms with E-state index in [0.29, 0.717) is 18.0 Å². The molecule has 104 valence electrons. The smallest absolute Gasteiger partial charge is 0.265 e. The van der Waals surface area contributed by atoms with Gasteiger partial charge in [-0.1, -0.05) is 0 Å². The average Bonchev–Trinajstić information content (AvgIpc) is 2.98. The molecule has 2 aliphatic rings. The van der Waals surface area contributed by atoms with E-state index in [1.54, 1.807) is 16.3 Å². The number of rotatable bonds is 3. The fourth-order valence-electron chi connectivity index (χ4n) is 2.39. The summed E-state index contributed by atoms with van der Waals surface area (Å²) >= 11 is 1.22. The summed E-state index contributed by atoms with van der Waals surface area (Å²) in [5, 5.41) is 1.69. The molecule has 0 unspecified atom stereocenters. The maximum Gasteiger partial charge on any atom is 0.265 e. The monoisotopic (exact) mass is 300 g/mol. The summed E-state index contributed by atoms with van der Waals surface area (Å²) in [4.78, 5) is 14.5. The van der Waals surface area contributed by atoms with Gasteiger partial charge in [0.25, 0.3) is 5.91 Å². The number of likely N-dealkylation sites (tertiary alicyclic amines) is 1. The van der Waals surface area contributed by atoms with Crippen LogP contribution >= 0.6 is 11.3 Å². The van der Waals surface area contributed by atoms with E-state index in [9.17, 15) is 13.2 Å². The van der Waals surface area contributed by atoms with Crippen LogP contribution in [-0.2, 0) is 10.0 Å². The van der Waals surface area contributed by atoms with Gasteiger partial charge in [-0.25, -0.2) is 8.42 Å². The standard InChI is InChI=1S/C12H16N2O3S2/c15-12(13-5-3-6-13)11-10(4-9-18-11)19(16,17)14-7-1-2-8-14/h4,9H,1-3,5-8H2. The zero-order valence-electron chi connectivity index (χ0n) is 10.5. The molecule has 1 aromatic heterocycles. The number of amides is 1. The summed E-state index contributed by atoms with van der Waals surface area (Å²) in [5.41, 5.74) is 0. The van der Waals surface area contributed by atoms with Crippen molar-refractivity contribution in [3.8, 4) is 0 Å². The van der Waals surface area contributed by atoms with Gasteiger partial charge in [-0.15, -0.1) is 11.3 Å². The second-order valence-corrected chi connectivity index (χ2v) is 7.69. The van der Waals surface area contributed by atoms with E-state index < -0.39 is 10.0 Å². The first-order valence-corrected chi connectivity index (χ1v) is 8.79. The average molecular weight is 300 g/mol. The van der Waals surface area contributed by atoms with Gasteiger partial charge in [-0.2, -0.15) is 4.31 Å². The van der Waals surface area contributed by atoms with Crippen molar-refractivity contribution in [1.29, 1.82) is 0 Å². The van der Waals surface area contributed by atoms with Crippen molar-refractivity contribution < 1.29 is 13.2 Å². The van der Waals surface area contributed by atoms with Gasteiger partial charge in [0.2, 0.25) is 10.0 Å². The number of carbonyl (C=O) groups is 1. The van der Waals surface area contributed by atoms with Gasteiger partial charge in [0, 0.05) is 26.2 Å². The Morgan fingerprint density at radius 2 is 1.79 bits per heavy atom. The van der Waals surface area contributed by atoms with Gasteiger partial charge >= 0.3 is 0 Å². The highest BCUT2D eigenvalue weighted by atomic mass is 32.2. The van der Waals surface area contributed by atoms with E-state index in [1.807, 2.05) is 0 Å². The lowest BCUT2D eigenvalue weighted by molar-refractivity contribution is 0.0653. The van der Waals surface area contributed by atoms with Gasteiger partial charge in [-0.05, 0) is 30.7 Å². The van der Waals surface area contributed by atoms with E-state index in [-0.39, 0.29) is 10.8 Å². The van der Waals surface area contributed by atoms with Crippen LogP contribution in [0.1, 0.15) is 28.9 Å². The molecule has 7 heteroatoms. The summed E-state index contributed by atoms with van der Waals surface area (Å²) in [6, 6.07) is 1.56. The molecule has 19 heavy (non-hydrogen) atoms. The Morgan fingerprint density at radius 3 is 2.37 bits per heavy atom. The maximum absolute atomic E-state index is 12.5. The Balaban J connectivity index is 1.92.